The quantitative estimate of drug-likeness (QED) is 0.741. The van der Waals surface area contributed by atoms with E-state index in [9.17, 15) is 8.42 Å². The Bertz CT molecular complexity index is 317. The first kappa shape index (κ1) is 16.0. The van der Waals surface area contributed by atoms with Crippen LogP contribution in [0.5, 0.6) is 0 Å². The Morgan fingerprint density at radius 2 is 1.72 bits per heavy atom. The van der Waals surface area contributed by atoms with Crippen LogP contribution in [-0.2, 0) is 9.84 Å². The van der Waals surface area contributed by atoms with Crippen LogP contribution in [0.2, 0.25) is 0 Å². The molecule has 0 aromatic heterocycles. The van der Waals surface area contributed by atoms with E-state index in [1.807, 2.05) is 6.92 Å². The molecule has 4 heteroatoms. The summed E-state index contributed by atoms with van der Waals surface area (Å²) >= 11 is 0. The zero-order valence-electron chi connectivity index (χ0n) is 12.1. The number of hydrogen-bond donors (Lipinski definition) is 1. The van der Waals surface area contributed by atoms with Crippen molar-refractivity contribution in [1.82, 2.24) is 5.32 Å². The van der Waals surface area contributed by atoms with Crippen molar-refractivity contribution in [2.45, 2.75) is 70.6 Å². The van der Waals surface area contributed by atoms with Gasteiger partial charge in [0.2, 0.25) is 0 Å². The summed E-state index contributed by atoms with van der Waals surface area (Å²) in [6, 6.07) is 0.453. The van der Waals surface area contributed by atoms with E-state index in [0.717, 1.165) is 25.7 Å². The highest BCUT2D eigenvalue weighted by molar-refractivity contribution is 7.92. The van der Waals surface area contributed by atoms with Gasteiger partial charge in [0.05, 0.1) is 11.0 Å². The Labute approximate surface area is 113 Å². The molecule has 0 aliphatic heterocycles. The summed E-state index contributed by atoms with van der Waals surface area (Å²) in [5.41, 5.74) is 0. The van der Waals surface area contributed by atoms with Gasteiger partial charge in [0.15, 0.2) is 9.84 Å². The van der Waals surface area contributed by atoms with Crippen molar-refractivity contribution < 1.29 is 8.42 Å². The van der Waals surface area contributed by atoms with Crippen LogP contribution >= 0.6 is 0 Å². The molecular formula is C14H29NO2S. The molecule has 1 atom stereocenters. The molecule has 18 heavy (non-hydrogen) atoms. The van der Waals surface area contributed by atoms with Crippen molar-refractivity contribution in [2.24, 2.45) is 5.92 Å². The Balaban J connectivity index is 2.40. The van der Waals surface area contributed by atoms with E-state index in [2.05, 4.69) is 19.2 Å². The largest absolute Gasteiger partial charge is 0.313 e. The summed E-state index contributed by atoms with van der Waals surface area (Å²) < 4.78 is 24.5. The third-order valence-electron chi connectivity index (χ3n) is 4.24. The van der Waals surface area contributed by atoms with Gasteiger partial charge in [-0.05, 0) is 38.5 Å². The van der Waals surface area contributed by atoms with Gasteiger partial charge in [-0.3, -0.25) is 0 Å². The van der Waals surface area contributed by atoms with Gasteiger partial charge in [0.1, 0.15) is 0 Å². The van der Waals surface area contributed by atoms with Crippen molar-refractivity contribution in [3.05, 3.63) is 0 Å². The van der Waals surface area contributed by atoms with Crippen LogP contribution in [0, 0.1) is 5.92 Å². The van der Waals surface area contributed by atoms with E-state index in [0.29, 0.717) is 24.3 Å². The second-order valence-electron chi connectivity index (χ2n) is 5.71. The molecule has 0 aromatic carbocycles. The highest BCUT2D eigenvalue weighted by Crippen LogP contribution is 2.26. The van der Waals surface area contributed by atoms with Crippen molar-refractivity contribution in [2.75, 3.05) is 12.3 Å². The highest BCUT2D eigenvalue weighted by atomic mass is 32.2. The van der Waals surface area contributed by atoms with Crippen molar-refractivity contribution in [3.63, 3.8) is 0 Å². The maximum absolute atomic E-state index is 12.2. The van der Waals surface area contributed by atoms with Gasteiger partial charge >= 0.3 is 0 Å². The summed E-state index contributed by atoms with van der Waals surface area (Å²) in [7, 11) is -2.92. The van der Waals surface area contributed by atoms with E-state index >= 15 is 0 Å². The fraction of sp³-hybridized carbons (Fsp3) is 1.00. The molecule has 0 spiro atoms. The van der Waals surface area contributed by atoms with Crippen LogP contribution < -0.4 is 5.32 Å². The van der Waals surface area contributed by atoms with E-state index in [4.69, 9.17) is 0 Å². The molecule has 1 rings (SSSR count). The lowest BCUT2D eigenvalue weighted by Gasteiger charge is -2.20. The van der Waals surface area contributed by atoms with Crippen LogP contribution in [0.15, 0.2) is 0 Å². The molecule has 1 N–H and O–H groups in total. The fourth-order valence-corrected chi connectivity index (χ4v) is 4.38. The summed E-state index contributed by atoms with van der Waals surface area (Å²) in [5, 5.41) is 3.12. The Hall–Kier alpha value is -0.0900. The van der Waals surface area contributed by atoms with E-state index < -0.39 is 9.84 Å². The number of sulfone groups is 1. The van der Waals surface area contributed by atoms with Crippen LogP contribution in [-0.4, -0.2) is 32.0 Å². The standard InChI is InChI=1S/C14H29NO2S/c1-4-14(5-2)15-10-12(3)18(16,17)11-13-8-6-7-9-13/h12-15H,4-11H2,1-3H3. The second-order valence-corrected chi connectivity index (χ2v) is 8.18. The molecule has 0 bridgehead atoms. The highest BCUT2D eigenvalue weighted by Gasteiger charge is 2.27. The first-order valence-corrected chi connectivity index (χ1v) is 9.16. The molecule has 1 aliphatic carbocycles. The van der Waals surface area contributed by atoms with Crippen molar-refractivity contribution in [3.8, 4) is 0 Å². The summed E-state index contributed by atoms with van der Waals surface area (Å²) in [5.74, 6) is 0.823. The van der Waals surface area contributed by atoms with Gasteiger partial charge in [0, 0.05) is 12.6 Å². The number of rotatable bonds is 8. The second kappa shape index (κ2) is 7.49. The lowest BCUT2D eigenvalue weighted by Crippen LogP contribution is -2.38. The van der Waals surface area contributed by atoms with Crippen LogP contribution in [0.4, 0.5) is 0 Å². The molecule has 3 nitrogen and oxygen atoms in total. The van der Waals surface area contributed by atoms with Gasteiger partial charge in [-0.25, -0.2) is 8.42 Å². The molecule has 1 saturated carbocycles. The minimum Gasteiger partial charge on any atom is -0.313 e. The van der Waals surface area contributed by atoms with E-state index in [-0.39, 0.29) is 5.25 Å². The van der Waals surface area contributed by atoms with Crippen molar-refractivity contribution in [1.29, 1.82) is 0 Å². The topological polar surface area (TPSA) is 46.2 Å². The van der Waals surface area contributed by atoms with Crippen LogP contribution in [0.1, 0.15) is 59.3 Å². The Kier molecular flexibility index (Phi) is 6.64. The van der Waals surface area contributed by atoms with Crippen molar-refractivity contribution >= 4 is 9.84 Å². The third kappa shape index (κ3) is 4.88. The molecule has 0 radical (unpaired) electrons. The van der Waals surface area contributed by atoms with Gasteiger partial charge in [-0.15, -0.1) is 0 Å². The lowest BCUT2D eigenvalue weighted by molar-refractivity contribution is 0.477. The predicted octanol–water partition coefficient (Wildman–Crippen LogP) is 2.76. The molecule has 108 valence electrons. The molecule has 0 aromatic rings. The molecule has 1 unspecified atom stereocenters. The first-order valence-electron chi connectivity index (χ1n) is 7.44. The molecular weight excluding hydrogens is 246 g/mol. The summed E-state index contributed by atoms with van der Waals surface area (Å²) in [6.45, 7) is 6.72. The number of nitrogens with one attached hydrogen (secondary N) is 1. The van der Waals surface area contributed by atoms with Gasteiger partial charge in [-0.1, -0.05) is 26.7 Å². The minimum absolute atomic E-state index is 0.251. The molecule has 0 saturated heterocycles. The smallest absolute Gasteiger partial charge is 0.154 e. The van der Waals surface area contributed by atoms with E-state index in [1.165, 1.54) is 12.8 Å². The minimum atomic E-state index is -2.92. The molecule has 1 fully saturated rings. The molecule has 0 heterocycles. The number of hydrogen-bond acceptors (Lipinski definition) is 3. The fourth-order valence-electron chi connectivity index (χ4n) is 2.71. The molecule has 1 aliphatic rings. The summed E-state index contributed by atoms with van der Waals surface area (Å²) in [6.07, 6.45) is 6.75. The Morgan fingerprint density at radius 1 is 1.17 bits per heavy atom. The lowest BCUT2D eigenvalue weighted by atomic mass is 10.1. The van der Waals surface area contributed by atoms with Crippen LogP contribution in [0.3, 0.4) is 0 Å². The Morgan fingerprint density at radius 3 is 2.22 bits per heavy atom. The van der Waals surface area contributed by atoms with Gasteiger partial charge in [0.25, 0.3) is 0 Å². The van der Waals surface area contributed by atoms with E-state index in [1.54, 1.807) is 0 Å². The zero-order chi connectivity index (χ0) is 13.6. The average Bonchev–Trinajstić information content (AvgIpc) is 2.82. The third-order valence-corrected chi connectivity index (χ3v) is 6.56. The normalized spacial score (nSPS) is 19.6. The zero-order valence-corrected chi connectivity index (χ0v) is 12.9. The van der Waals surface area contributed by atoms with Crippen LogP contribution in [0.25, 0.3) is 0 Å². The first-order chi connectivity index (χ1) is 8.49. The predicted molar refractivity (Wildman–Crippen MR) is 77.6 cm³/mol. The maximum Gasteiger partial charge on any atom is 0.154 e. The average molecular weight is 275 g/mol. The maximum atomic E-state index is 12.2. The van der Waals surface area contributed by atoms with Gasteiger partial charge < -0.3 is 5.32 Å². The SMILES string of the molecule is CCC(CC)NCC(C)S(=O)(=O)CC1CCCC1. The van der Waals surface area contributed by atoms with Gasteiger partial charge in [-0.2, -0.15) is 0 Å². The monoisotopic (exact) mass is 275 g/mol. The summed E-state index contributed by atoms with van der Waals surface area (Å²) in [4.78, 5) is 0. The molecule has 0 amide bonds.